The van der Waals surface area contributed by atoms with Crippen molar-refractivity contribution < 1.29 is 9.59 Å². The highest BCUT2D eigenvalue weighted by Gasteiger charge is 2.30. The van der Waals surface area contributed by atoms with Gasteiger partial charge in [0.25, 0.3) is 11.5 Å². The Morgan fingerprint density at radius 1 is 1.00 bits per heavy atom. The zero-order valence-electron chi connectivity index (χ0n) is 17.6. The fourth-order valence-electron chi connectivity index (χ4n) is 4.87. The van der Waals surface area contributed by atoms with Crippen LogP contribution in [-0.2, 0) is 16.1 Å². The maximum absolute atomic E-state index is 12.8. The van der Waals surface area contributed by atoms with Gasteiger partial charge in [-0.05, 0) is 73.7 Å². The van der Waals surface area contributed by atoms with Crippen molar-refractivity contribution in [2.24, 2.45) is 0 Å². The van der Waals surface area contributed by atoms with Crippen LogP contribution in [0.4, 0.5) is 0 Å². The highest BCUT2D eigenvalue weighted by Crippen LogP contribution is 2.30. The van der Waals surface area contributed by atoms with Gasteiger partial charge in [-0.1, -0.05) is 29.8 Å². The lowest BCUT2D eigenvalue weighted by Crippen LogP contribution is -2.44. The molecule has 0 bridgehead atoms. The van der Waals surface area contributed by atoms with Crippen molar-refractivity contribution in [1.82, 2.24) is 20.0 Å². The van der Waals surface area contributed by atoms with Crippen LogP contribution in [0.15, 0.2) is 47.3 Å². The Morgan fingerprint density at radius 3 is 2.56 bits per heavy atom. The van der Waals surface area contributed by atoms with Crippen LogP contribution in [0.3, 0.4) is 0 Å². The number of hydrogen-bond donors (Lipinski definition) is 2. The molecule has 2 saturated heterocycles. The lowest BCUT2D eigenvalue weighted by Gasteiger charge is -2.32. The smallest absolute Gasteiger partial charge is 0.275 e. The normalized spacial score (nSPS) is 20.6. The standard InChI is InChI=1S/C24H25ClN4O3/c25-18-3-1-2-15(12-18)14-28-10-8-16(9-11-28)17-4-5-19-20(13-17)27-29(24(19)32)21-6-7-22(30)26-23(21)31/h1-5,12-13,16,21,27H,6-11,14H2,(H,26,30,31). The van der Waals surface area contributed by atoms with E-state index in [1.165, 1.54) is 15.8 Å². The number of nitrogens with one attached hydrogen (secondary N) is 2. The summed E-state index contributed by atoms with van der Waals surface area (Å²) in [6, 6.07) is 13.3. The monoisotopic (exact) mass is 452 g/mol. The molecule has 166 valence electrons. The number of fused-ring (bicyclic) bond motifs is 1. The fourth-order valence-corrected chi connectivity index (χ4v) is 5.08. The third-order valence-corrected chi connectivity index (χ3v) is 6.84. The molecular formula is C24H25ClN4O3. The van der Waals surface area contributed by atoms with Gasteiger partial charge >= 0.3 is 0 Å². The lowest BCUT2D eigenvalue weighted by molar-refractivity contribution is -0.136. The molecule has 0 spiro atoms. The first-order chi connectivity index (χ1) is 15.5. The Bertz CT molecular complexity index is 1240. The van der Waals surface area contributed by atoms with Crippen molar-refractivity contribution in [1.29, 1.82) is 0 Å². The molecule has 1 unspecified atom stereocenters. The summed E-state index contributed by atoms with van der Waals surface area (Å²) in [6.07, 6.45) is 2.65. The number of amides is 2. The van der Waals surface area contributed by atoms with Gasteiger partial charge in [0.2, 0.25) is 5.91 Å². The second-order valence-corrected chi connectivity index (χ2v) is 9.18. The zero-order valence-corrected chi connectivity index (χ0v) is 18.4. The van der Waals surface area contributed by atoms with Crippen molar-refractivity contribution in [3.05, 3.63) is 69.0 Å². The number of aromatic amines is 1. The number of piperidine rings is 2. The van der Waals surface area contributed by atoms with Crippen LogP contribution in [-0.4, -0.2) is 39.6 Å². The maximum Gasteiger partial charge on any atom is 0.275 e. The average Bonchev–Trinajstić information content (AvgIpc) is 3.10. The maximum atomic E-state index is 12.8. The Balaban J connectivity index is 1.30. The summed E-state index contributed by atoms with van der Waals surface area (Å²) < 4.78 is 1.36. The molecule has 8 heteroatoms. The third-order valence-electron chi connectivity index (χ3n) is 6.61. The topological polar surface area (TPSA) is 87.2 Å². The summed E-state index contributed by atoms with van der Waals surface area (Å²) in [5, 5.41) is 6.77. The van der Waals surface area contributed by atoms with Crippen molar-refractivity contribution in [2.45, 2.75) is 44.2 Å². The minimum absolute atomic E-state index is 0.225. The molecule has 0 saturated carbocycles. The van der Waals surface area contributed by atoms with Gasteiger partial charge in [0.1, 0.15) is 6.04 Å². The highest BCUT2D eigenvalue weighted by atomic mass is 35.5. The van der Waals surface area contributed by atoms with E-state index in [4.69, 9.17) is 11.6 Å². The number of nitrogens with zero attached hydrogens (tertiary/aromatic N) is 2. The number of aromatic nitrogens is 2. The predicted octanol–water partition coefficient (Wildman–Crippen LogP) is 3.34. The van der Waals surface area contributed by atoms with Gasteiger partial charge in [0, 0.05) is 18.0 Å². The Labute approximate surface area is 190 Å². The average molecular weight is 453 g/mol. The number of hydrogen-bond acceptors (Lipinski definition) is 4. The number of carbonyl (C=O) groups excluding carboxylic acids is 2. The van der Waals surface area contributed by atoms with E-state index in [0.29, 0.717) is 17.7 Å². The van der Waals surface area contributed by atoms with Crippen LogP contribution in [0.25, 0.3) is 10.9 Å². The first-order valence-electron chi connectivity index (χ1n) is 11.0. The van der Waals surface area contributed by atoms with Gasteiger partial charge < -0.3 is 0 Å². The summed E-state index contributed by atoms with van der Waals surface area (Å²) in [6.45, 7) is 2.90. The van der Waals surface area contributed by atoms with Gasteiger partial charge in [-0.2, -0.15) is 0 Å². The summed E-state index contributed by atoms with van der Waals surface area (Å²) in [5.74, 6) is -0.293. The van der Waals surface area contributed by atoms with Crippen molar-refractivity contribution in [2.75, 3.05) is 13.1 Å². The van der Waals surface area contributed by atoms with Crippen LogP contribution >= 0.6 is 11.6 Å². The minimum Gasteiger partial charge on any atom is -0.299 e. The number of carbonyl (C=O) groups is 2. The Kier molecular flexibility index (Phi) is 5.61. The van der Waals surface area contributed by atoms with E-state index in [1.54, 1.807) is 0 Å². The first kappa shape index (κ1) is 21.0. The molecule has 32 heavy (non-hydrogen) atoms. The van der Waals surface area contributed by atoms with Gasteiger partial charge in [-0.3, -0.25) is 29.7 Å². The van der Waals surface area contributed by atoms with Crippen LogP contribution in [0.5, 0.6) is 0 Å². The fraction of sp³-hybridized carbons (Fsp3) is 0.375. The van der Waals surface area contributed by atoms with E-state index < -0.39 is 11.9 Å². The van der Waals surface area contributed by atoms with Crippen molar-refractivity contribution in [3.63, 3.8) is 0 Å². The van der Waals surface area contributed by atoms with Crippen molar-refractivity contribution >= 4 is 34.3 Å². The van der Waals surface area contributed by atoms with Crippen LogP contribution in [0, 0.1) is 0 Å². The Hall–Kier alpha value is -2.90. The Morgan fingerprint density at radius 2 is 1.81 bits per heavy atom. The minimum atomic E-state index is -0.675. The highest BCUT2D eigenvalue weighted by molar-refractivity contribution is 6.30. The molecule has 2 aliphatic heterocycles. The molecule has 2 N–H and O–H groups in total. The number of halogens is 1. The van der Waals surface area contributed by atoms with Crippen LogP contribution in [0.1, 0.15) is 48.8 Å². The largest absolute Gasteiger partial charge is 0.299 e. The summed E-state index contributed by atoms with van der Waals surface area (Å²) >= 11 is 6.11. The van der Waals surface area contributed by atoms with Gasteiger partial charge in [0.05, 0.1) is 10.9 Å². The molecule has 5 rings (SSSR count). The number of likely N-dealkylation sites (tertiary alicyclic amines) is 1. The summed E-state index contributed by atoms with van der Waals surface area (Å²) in [5.41, 5.74) is 2.94. The number of imide groups is 1. The lowest BCUT2D eigenvalue weighted by atomic mass is 9.89. The molecule has 1 aromatic heterocycles. The number of rotatable bonds is 4. The van der Waals surface area contributed by atoms with Gasteiger partial charge in [-0.25, -0.2) is 4.68 Å². The zero-order chi connectivity index (χ0) is 22.2. The molecule has 7 nitrogen and oxygen atoms in total. The second kappa shape index (κ2) is 8.56. The van der Waals surface area contributed by atoms with Crippen LogP contribution < -0.4 is 10.9 Å². The van der Waals surface area contributed by atoms with E-state index in [2.05, 4.69) is 21.4 Å². The molecular weight excluding hydrogens is 428 g/mol. The first-order valence-corrected chi connectivity index (χ1v) is 11.4. The molecule has 2 aliphatic rings. The number of H-pyrrole nitrogens is 1. The SMILES string of the molecule is O=C1CCC(n2[nH]c3cc(C4CCN(Cc5cccc(Cl)c5)CC4)ccc3c2=O)C(=O)N1. The quantitative estimate of drug-likeness (QED) is 0.594. The van der Waals surface area contributed by atoms with E-state index in [-0.39, 0.29) is 17.9 Å². The second-order valence-electron chi connectivity index (χ2n) is 8.74. The summed E-state index contributed by atoms with van der Waals surface area (Å²) in [4.78, 5) is 38.9. The molecule has 2 aromatic carbocycles. The molecule has 3 heterocycles. The molecule has 2 amide bonds. The van der Waals surface area contributed by atoms with E-state index in [1.807, 2.05) is 36.4 Å². The van der Waals surface area contributed by atoms with Crippen LogP contribution in [0.2, 0.25) is 5.02 Å². The molecule has 0 radical (unpaired) electrons. The van der Waals surface area contributed by atoms with E-state index in [9.17, 15) is 14.4 Å². The van der Waals surface area contributed by atoms with Gasteiger partial charge in [0.15, 0.2) is 0 Å². The van der Waals surface area contributed by atoms with Crippen molar-refractivity contribution in [3.8, 4) is 0 Å². The van der Waals surface area contributed by atoms with Gasteiger partial charge in [-0.15, -0.1) is 0 Å². The molecule has 1 atom stereocenters. The molecule has 2 fully saturated rings. The summed E-state index contributed by atoms with van der Waals surface area (Å²) in [7, 11) is 0. The molecule has 3 aromatic rings. The predicted molar refractivity (Wildman–Crippen MR) is 123 cm³/mol. The van der Waals surface area contributed by atoms with E-state index in [0.717, 1.165) is 43.0 Å². The third kappa shape index (κ3) is 4.10. The number of benzene rings is 2. The molecule has 0 aliphatic carbocycles. The van der Waals surface area contributed by atoms with E-state index >= 15 is 0 Å².